The number of anilines is 1. The van der Waals surface area contributed by atoms with Gasteiger partial charge in [-0.3, -0.25) is 20.4 Å². The molecule has 4 rings (SSSR count). The van der Waals surface area contributed by atoms with E-state index in [0.29, 0.717) is 36.3 Å². The smallest absolute Gasteiger partial charge is 0.355 e. The van der Waals surface area contributed by atoms with Crippen molar-refractivity contribution in [3.05, 3.63) is 18.0 Å². The van der Waals surface area contributed by atoms with Crippen molar-refractivity contribution in [3.8, 4) is 0 Å². The van der Waals surface area contributed by atoms with Crippen LogP contribution < -0.4 is 15.8 Å². The molecule has 0 unspecified atom stereocenters. The first kappa shape index (κ1) is 18.4. The second-order valence-corrected chi connectivity index (χ2v) is 7.00. The predicted octanol–water partition coefficient (Wildman–Crippen LogP) is 0.917. The molecule has 0 bridgehead atoms. The maximum Gasteiger partial charge on any atom is 0.453 e. The molecule has 9 nitrogen and oxygen atoms in total. The van der Waals surface area contributed by atoms with Gasteiger partial charge < -0.3 is 4.90 Å². The van der Waals surface area contributed by atoms with Crippen molar-refractivity contribution < 1.29 is 22.8 Å². The molecule has 2 aliphatic rings. The fraction of sp³-hybridized carbons (Fsp3) is 0.562. The Morgan fingerprint density at radius 2 is 1.57 bits per heavy atom. The van der Waals surface area contributed by atoms with Gasteiger partial charge in [0.05, 0.1) is 0 Å². The molecule has 12 heteroatoms. The molecule has 0 atom stereocenters. The lowest BCUT2D eigenvalue weighted by Crippen LogP contribution is -2.48. The number of hydrazine groups is 1. The number of aromatic nitrogens is 4. The number of amides is 2. The fourth-order valence-corrected chi connectivity index (χ4v) is 3.17. The van der Waals surface area contributed by atoms with E-state index in [1.54, 1.807) is 6.07 Å². The van der Waals surface area contributed by atoms with Crippen LogP contribution in [-0.2, 0) is 15.8 Å². The van der Waals surface area contributed by atoms with E-state index in [-0.39, 0.29) is 29.3 Å². The van der Waals surface area contributed by atoms with E-state index in [1.165, 1.54) is 6.07 Å². The van der Waals surface area contributed by atoms with Gasteiger partial charge in [-0.05, 0) is 37.8 Å². The highest BCUT2D eigenvalue weighted by atomic mass is 19.4. The van der Waals surface area contributed by atoms with Crippen LogP contribution in [0.4, 0.5) is 19.0 Å². The van der Waals surface area contributed by atoms with Gasteiger partial charge in [0.15, 0.2) is 5.65 Å². The number of carbonyl (C=O) groups excluding carboxylic acids is 2. The molecule has 1 saturated heterocycles. The highest BCUT2D eigenvalue weighted by Gasteiger charge is 2.38. The topological polar surface area (TPSA) is 105 Å². The molecule has 28 heavy (non-hydrogen) atoms. The zero-order valence-corrected chi connectivity index (χ0v) is 14.7. The third kappa shape index (κ3) is 3.71. The standard InChI is InChI=1S/C16H18F3N7O2/c17-16(18,19)15-23-20-11-3-4-12(24-26(11)15)25-7-5-10(6-8-25)14(28)22-21-13(27)9-1-2-9/h3-4,9-10H,1-2,5-8H2,(H,21,27)(H,22,28). The van der Waals surface area contributed by atoms with Crippen LogP contribution in [0, 0.1) is 11.8 Å². The van der Waals surface area contributed by atoms with Crippen molar-refractivity contribution in [2.75, 3.05) is 18.0 Å². The third-order valence-electron chi connectivity index (χ3n) is 4.95. The zero-order chi connectivity index (χ0) is 19.9. The van der Waals surface area contributed by atoms with Crippen molar-refractivity contribution in [1.29, 1.82) is 0 Å². The van der Waals surface area contributed by atoms with Crippen LogP contribution in [0.25, 0.3) is 5.65 Å². The number of alkyl halides is 3. The molecule has 2 amide bonds. The van der Waals surface area contributed by atoms with Gasteiger partial charge >= 0.3 is 6.18 Å². The van der Waals surface area contributed by atoms with Crippen LogP contribution in [-0.4, -0.2) is 44.7 Å². The molecule has 1 aliphatic carbocycles. The number of fused-ring (bicyclic) bond motifs is 1. The largest absolute Gasteiger partial charge is 0.453 e. The van der Waals surface area contributed by atoms with Gasteiger partial charge in [0.2, 0.25) is 11.8 Å². The van der Waals surface area contributed by atoms with E-state index in [9.17, 15) is 22.8 Å². The highest BCUT2D eigenvalue weighted by Crippen LogP contribution is 2.29. The lowest BCUT2D eigenvalue weighted by Gasteiger charge is -2.32. The molecule has 2 fully saturated rings. The summed E-state index contributed by atoms with van der Waals surface area (Å²) in [6.07, 6.45) is -1.96. The summed E-state index contributed by atoms with van der Waals surface area (Å²) in [7, 11) is 0. The van der Waals surface area contributed by atoms with Gasteiger partial charge in [-0.25, -0.2) is 0 Å². The summed E-state index contributed by atoms with van der Waals surface area (Å²) < 4.78 is 39.7. The van der Waals surface area contributed by atoms with Crippen molar-refractivity contribution >= 4 is 23.3 Å². The predicted molar refractivity (Wildman–Crippen MR) is 89.7 cm³/mol. The van der Waals surface area contributed by atoms with E-state index in [1.807, 2.05) is 4.90 Å². The van der Waals surface area contributed by atoms with Crippen LogP contribution in [0.2, 0.25) is 0 Å². The summed E-state index contributed by atoms with van der Waals surface area (Å²) in [6, 6.07) is 3.01. The Morgan fingerprint density at radius 3 is 2.14 bits per heavy atom. The van der Waals surface area contributed by atoms with Crippen LogP contribution >= 0.6 is 0 Å². The second kappa shape index (κ2) is 6.91. The summed E-state index contributed by atoms with van der Waals surface area (Å²) in [5.41, 5.74) is 4.90. The number of hydrogen-bond acceptors (Lipinski definition) is 6. The number of nitrogens with one attached hydrogen (secondary N) is 2. The maximum absolute atomic E-state index is 13.0. The SMILES string of the molecule is O=C(NNC(=O)C1CCN(c2ccc3nnc(C(F)(F)F)n3n2)CC1)C1CC1. The van der Waals surface area contributed by atoms with E-state index in [2.05, 4.69) is 26.1 Å². The lowest BCUT2D eigenvalue weighted by molar-refractivity contribution is -0.146. The molecule has 1 saturated carbocycles. The minimum Gasteiger partial charge on any atom is -0.355 e. The summed E-state index contributed by atoms with van der Waals surface area (Å²) in [4.78, 5) is 25.6. The van der Waals surface area contributed by atoms with Crippen LogP contribution in [0.3, 0.4) is 0 Å². The van der Waals surface area contributed by atoms with Gasteiger partial charge in [-0.15, -0.1) is 15.3 Å². The molecule has 3 heterocycles. The average Bonchev–Trinajstić information content (AvgIpc) is 3.43. The molecule has 0 radical (unpaired) electrons. The molecule has 1 aliphatic heterocycles. The van der Waals surface area contributed by atoms with Crippen molar-refractivity contribution in [2.24, 2.45) is 11.8 Å². The number of hydrogen-bond donors (Lipinski definition) is 2. The molecular formula is C16H18F3N7O2. The van der Waals surface area contributed by atoms with Crippen LogP contribution in [0.15, 0.2) is 12.1 Å². The Labute approximate surface area is 157 Å². The summed E-state index contributed by atoms with van der Waals surface area (Å²) in [5, 5.41) is 10.7. The van der Waals surface area contributed by atoms with Crippen LogP contribution in [0.5, 0.6) is 0 Å². The molecule has 150 valence electrons. The Morgan fingerprint density at radius 1 is 0.964 bits per heavy atom. The normalized spacial score (nSPS) is 18.3. The highest BCUT2D eigenvalue weighted by molar-refractivity contribution is 5.85. The van der Waals surface area contributed by atoms with Crippen molar-refractivity contribution in [1.82, 2.24) is 30.7 Å². The van der Waals surface area contributed by atoms with E-state index in [4.69, 9.17) is 0 Å². The van der Waals surface area contributed by atoms with Gasteiger partial charge in [0.25, 0.3) is 5.82 Å². The number of halogens is 3. The van der Waals surface area contributed by atoms with E-state index in [0.717, 1.165) is 12.8 Å². The molecule has 2 aromatic rings. The quantitative estimate of drug-likeness (QED) is 0.747. The Hall–Kier alpha value is -2.92. The minimum atomic E-state index is -4.65. The summed E-state index contributed by atoms with van der Waals surface area (Å²) in [5.74, 6) is -1.51. The van der Waals surface area contributed by atoms with Gasteiger partial charge in [-0.2, -0.15) is 17.7 Å². The molecule has 0 aromatic carbocycles. The Kier molecular flexibility index (Phi) is 4.55. The van der Waals surface area contributed by atoms with E-state index < -0.39 is 12.0 Å². The second-order valence-electron chi connectivity index (χ2n) is 7.00. The molecular weight excluding hydrogens is 379 g/mol. The fourth-order valence-electron chi connectivity index (χ4n) is 3.17. The average molecular weight is 397 g/mol. The zero-order valence-electron chi connectivity index (χ0n) is 14.7. The van der Waals surface area contributed by atoms with Gasteiger partial charge in [0.1, 0.15) is 5.82 Å². The monoisotopic (exact) mass is 397 g/mol. The summed E-state index contributed by atoms with van der Waals surface area (Å²) >= 11 is 0. The Balaban J connectivity index is 1.38. The number of rotatable bonds is 3. The first-order valence-electron chi connectivity index (χ1n) is 8.97. The Bertz CT molecular complexity index is 901. The maximum atomic E-state index is 13.0. The first-order valence-corrected chi connectivity index (χ1v) is 8.97. The lowest BCUT2D eigenvalue weighted by atomic mass is 9.96. The number of carbonyl (C=O) groups is 2. The molecule has 0 spiro atoms. The molecule has 2 aromatic heterocycles. The van der Waals surface area contributed by atoms with Crippen LogP contribution in [0.1, 0.15) is 31.5 Å². The van der Waals surface area contributed by atoms with E-state index >= 15 is 0 Å². The van der Waals surface area contributed by atoms with Gasteiger partial charge in [-0.1, -0.05) is 0 Å². The molecule has 2 N–H and O–H groups in total. The summed E-state index contributed by atoms with van der Waals surface area (Å²) in [6.45, 7) is 0.910. The minimum absolute atomic E-state index is 0.00222. The first-order chi connectivity index (χ1) is 13.3. The number of nitrogens with zero attached hydrogens (tertiary/aromatic N) is 5. The van der Waals surface area contributed by atoms with Crippen molar-refractivity contribution in [2.45, 2.75) is 31.9 Å². The van der Waals surface area contributed by atoms with Crippen molar-refractivity contribution in [3.63, 3.8) is 0 Å². The third-order valence-corrected chi connectivity index (χ3v) is 4.95. The number of piperidine rings is 1. The van der Waals surface area contributed by atoms with Gasteiger partial charge in [0, 0.05) is 24.9 Å².